The summed E-state index contributed by atoms with van der Waals surface area (Å²) >= 11 is 4.32. The molecule has 4 aromatic carbocycles. The van der Waals surface area contributed by atoms with Crippen LogP contribution in [0.3, 0.4) is 0 Å². The number of thiol groups is 1. The maximum absolute atomic E-state index is 4.32. The van der Waals surface area contributed by atoms with E-state index in [0.29, 0.717) is 0 Å². The lowest BCUT2D eigenvalue weighted by Gasteiger charge is -2.16. The summed E-state index contributed by atoms with van der Waals surface area (Å²) in [6.07, 6.45) is 4.01. The fraction of sp³-hybridized carbons (Fsp3) is 0.0323. The van der Waals surface area contributed by atoms with E-state index in [9.17, 15) is 0 Å². The molecular weight excluding hydrogens is 418 g/mol. The van der Waals surface area contributed by atoms with Crippen molar-refractivity contribution in [2.24, 2.45) is 0 Å². The Morgan fingerprint density at radius 1 is 0.758 bits per heavy atom. The molecule has 1 nitrogen and oxygen atoms in total. The first-order valence-corrected chi connectivity index (χ1v) is 11.5. The quantitative estimate of drug-likeness (QED) is 0.214. The lowest BCUT2D eigenvalue weighted by Crippen LogP contribution is -2.00. The van der Waals surface area contributed by atoms with E-state index in [-0.39, 0.29) is 0 Å². The van der Waals surface area contributed by atoms with Crippen LogP contribution < -0.4 is 5.32 Å². The van der Waals surface area contributed by atoms with Gasteiger partial charge in [-0.25, -0.2) is 0 Å². The molecule has 0 fully saturated rings. The molecule has 1 N–H and O–H groups in total. The summed E-state index contributed by atoms with van der Waals surface area (Å²) in [5, 5.41) is 5.34. The van der Waals surface area contributed by atoms with Gasteiger partial charge in [0.15, 0.2) is 0 Å². The van der Waals surface area contributed by atoms with Crippen LogP contribution in [0, 0.1) is 6.92 Å². The molecule has 0 amide bonds. The summed E-state index contributed by atoms with van der Waals surface area (Å²) in [4.78, 5) is 0. The van der Waals surface area contributed by atoms with Crippen molar-refractivity contribution in [2.45, 2.75) is 6.92 Å². The van der Waals surface area contributed by atoms with Crippen molar-refractivity contribution in [3.8, 4) is 22.3 Å². The molecule has 162 valence electrons. The molecule has 4 aromatic rings. The number of benzene rings is 4. The van der Waals surface area contributed by atoms with E-state index in [1.165, 1.54) is 16.7 Å². The summed E-state index contributed by atoms with van der Waals surface area (Å²) in [7, 11) is 0. The van der Waals surface area contributed by atoms with E-state index in [0.717, 1.165) is 33.6 Å². The normalized spacial score (nSPS) is 11.5. The monoisotopic (exact) mass is 445 g/mol. The van der Waals surface area contributed by atoms with Crippen molar-refractivity contribution in [1.29, 1.82) is 0 Å². The number of nitrogens with one attached hydrogen (secondary N) is 1. The lowest BCUT2D eigenvalue weighted by atomic mass is 9.97. The second-order valence-electron chi connectivity index (χ2n) is 7.93. The molecular formula is C31H27NS. The molecule has 0 aliphatic heterocycles. The highest BCUT2D eigenvalue weighted by Gasteiger charge is 2.09. The van der Waals surface area contributed by atoms with Gasteiger partial charge in [-0.2, -0.15) is 12.6 Å². The maximum Gasteiger partial charge on any atom is 0.0464 e. The van der Waals surface area contributed by atoms with Crippen LogP contribution in [0.2, 0.25) is 0 Å². The number of rotatable bonds is 7. The third-order valence-electron chi connectivity index (χ3n) is 5.46. The summed E-state index contributed by atoms with van der Waals surface area (Å²) in [5.41, 5.74) is 9.86. The Kier molecular flexibility index (Phi) is 7.29. The average molecular weight is 446 g/mol. The van der Waals surface area contributed by atoms with Gasteiger partial charge in [0, 0.05) is 16.9 Å². The molecule has 0 atom stereocenters. The molecule has 0 spiro atoms. The Morgan fingerprint density at radius 2 is 1.45 bits per heavy atom. The molecule has 0 unspecified atom stereocenters. The minimum Gasteiger partial charge on any atom is -0.355 e. The van der Waals surface area contributed by atoms with Gasteiger partial charge >= 0.3 is 0 Å². The summed E-state index contributed by atoms with van der Waals surface area (Å²) < 4.78 is 0. The molecule has 0 heterocycles. The molecule has 33 heavy (non-hydrogen) atoms. The zero-order valence-electron chi connectivity index (χ0n) is 18.7. The van der Waals surface area contributed by atoms with Crippen LogP contribution >= 0.6 is 12.6 Å². The third-order valence-corrected chi connectivity index (χ3v) is 5.61. The van der Waals surface area contributed by atoms with Crippen LogP contribution in [0.5, 0.6) is 0 Å². The Bertz CT molecular complexity index is 1300. The molecule has 2 heteroatoms. The fourth-order valence-corrected chi connectivity index (χ4v) is 3.96. The van der Waals surface area contributed by atoms with Crippen LogP contribution in [0.25, 0.3) is 27.8 Å². The van der Waals surface area contributed by atoms with Crippen molar-refractivity contribution < 1.29 is 0 Å². The largest absolute Gasteiger partial charge is 0.355 e. The minimum atomic E-state index is 0.918. The average Bonchev–Trinajstić information content (AvgIpc) is 2.85. The summed E-state index contributed by atoms with van der Waals surface area (Å²) in [6, 6.07) is 35.8. The van der Waals surface area contributed by atoms with Gasteiger partial charge in [-0.1, -0.05) is 103 Å². The first-order valence-electron chi connectivity index (χ1n) is 10.9. The third kappa shape index (κ3) is 5.74. The minimum absolute atomic E-state index is 0.918. The highest BCUT2D eigenvalue weighted by Crippen LogP contribution is 2.34. The van der Waals surface area contributed by atoms with Crippen molar-refractivity contribution >= 4 is 23.9 Å². The zero-order chi connectivity index (χ0) is 23.0. The Balaban J connectivity index is 1.74. The van der Waals surface area contributed by atoms with Crippen molar-refractivity contribution in [1.82, 2.24) is 0 Å². The van der Waals surface area contributed by atoms with E-state index in [1.54, 1.807) is 5.41 Å². The van der Waals surface area contributed by atoms with Gasteiger partial charge in [-0.15, -0.1) is 0 Å². The van der Waals surface area contributed by atoms with Gasteiger partial charge in [-0.3, -0.25) is 0 Å². The summed E-state index contributed by atoms with van der Waals surface area (Å²) in [6.45, 7) is 6.38. The van der Waals surface area contributed by atoms with Crippen LogP contribution in [0.15, 0.2) is 133 Å². The number of aryl methyl sites for hydroxylation is 1. The van der Waals surface area contributed by atoms with Gasteiger partial charge in [0.25, 0.3) is 0 Å². The second-order valence-corrected chi connectivity index (χ2v) is 8.23. The molecule has 0 radical (unpaired) electrons. The van der Waals surface area contributed by atoms with E-state index in [1.807, 2.05) is 18.2 Å². The van der Waals surface area contributed by atoms with Crippen LogP contribution in [-0.4, -0.2) is 0 Å². The molecule has 4 rings (SSSR count). The van der Waals surface area contributed by atoms with Gasteiger partial charge in [0.2, 0.25) is 0 Å². The van der Waals surface area contributed by atoms with E-state index >= 15 is 0 Å². The van der Waals surface area contributed by atoms with Crippen LogP contribution in [0.4, 0.5) is 5.69 Å². The summed E-state index contributed by atoms with van der Waals surface area (Å²) in [5.74, 6) is 0. The maximum atomic E-state index is 4.32. The van der Waals surface area contributed by atoms with Crippen molar-refractivity contribution in [3.05, 3.63) is 144 Å². The second kappa shape index (κ2) is 10.7. The van der Waals surface area contributed by atoms with Gasteiger partial charge in [-0.05, 0) is 64.4 Å². The van der Waals surface area contributed by atoms with E-state index in [4.69, 9.17) is 0 Å². The van der Waals surface area contributed by atoms with Gasteiger partial charge < -0.3 is 5.32 Å². The first-order chi connectivity index (χ1) is 16.1. The van der Waals surface area contributed by atoms with Crippen LogP contribution in [0.1, 0.15) is 11.1 Å². The topological polar surface area (TPSA) is 12.0 Å². The Hall–Kier alpha value is -3.75. The highest BCUT2D eigenvalue weighted by atomic mass is 32.1. The van der Waals surface area contributed by atoms with E-state index < -0.39 is 0 Å². The van der Waals surface area contributed by atoms with Gasteiger partial charge in [0.05, 0.1) is 0 Å². The molecule has 0 saturated carbocycles. The van der Waals surface area contributed by atoms with E-state index in [2.05, 4.69) is 129 Å². The Morgan fingerprint density at radius 3 is 2.12 bits per heavy atom. The molecule has 0 bridgehead atoms. The number of hydrogen-bond acceptors (Lipinski definition) is 2. The fourth-order valence-electron chi connectivity index (χ4n) is 3.80. The first kappa shape index (κ1) is 22.4. The Labute approximate surface area is 202 Å². The van der Waals surface area contributed by atoms with Crippen molar-refractivity contribution in [3.63, 3.8) is 0 Å². The predicted octanol–water partition coefficient (Wildman–Crippen LogP) is 8.78. The van der Waals surface area contributed by atoms with Gasteiger partial charge in [0.1, 0.15) is 0 Å². The molecule has 0 saturated heterocycles. The molecule has 0 aromatic heterocycles. The number of anilines is 1. The van der Waals surface area contributed by atoms with Crippen molar-refractivity contribution in [2.75, 3.05) is 5.32 Å². The lowest BCUT2D eigenvalue weighted by molar-refractivity contribution is 1.44. The molecule has 0 aliphatic carbocycles. The zero-order valence-corrected chi connectivity index (χ0v) is 19.6. The smallest absolute Gasteiger partial charge is 0.0464 e. The highest BCUT2D eigenvalue weighted by molar-refractivity contribution is 7.83. The van der Waals surface area contributed by atoms with Crippen LogP contribution in [-0.2, 0) is 0 Å². The number of hydrogen-bond donors (Lipinski definition) is 2. The number of allylic oxidation sites excluding steroid dienone is 3. The standard InChI is InChI=1S/C31H27NS/c1-23-10-9-15-27(20-23)24(2)21-29(18-19-33)32-31-17-16-28(25-11-5-3-6-12-25)22-30(31)26-13-7-4-8-14-26/h3-22,32-33H,2H2,1H3/b19-18-,29-21+. The SMILES string of the molecule is C=C(/C=C(\C=C/S)Nc1ccc(-c2ccccc2)cc1-c1ccccc1)c1cccc(C)c1. The predicted molar refractivity (Wildman–Crippen MR) is 147 cm³/mol. The molecule has 0 aliphatic rings.